The van der Waals surface area contributed by atoms with Gasteiger partial charge in [0.05, 0.1) is 19.0 Å². The molecule has 2 heterocycles. The molecular weight excluding hydrogens is 343 g/mol. The van der Waals surface area contributed by atoms with Crippen molar-refractivity contribution in [1.82, 2.24) is 10.2 Å². The maximum absolute atomic E-state index is 13.1. The molecule has 1 aromatic heterocycles. The number of rotatable bonds is 6. The Hall–Kier alpha value is -2.25. The average Bonchev–Trinajstić information content (AvgIpc) is 3.23. The van der Waals surface area contributed by atoms with Crippen LogP contribution in [0.15, 0.2) is 41.8 Å². The van der Waals surface area contributed by atoms with Crippen molar-refractivity contribution in [3.63, 3.8) is 0 Å². The van der Waals surface area contributed by atoms with Crippen molar-refractivity contribution < 1.29 is 19.1 Å². The van der Waals surface area contributed by atoms with Crippen molar-refractivity contribution in [2.75, 3.05) is 19.6 Å². The molecule has 132 valence electrons. The van der Waals surface area contributed by atoms with E-state index in [0.29, 0.717) is 19.6 Å². The van der Waals surface area contributed by atoms with Crippen molar-refractivity contribution in [1.29, 1.82) is 0 Å². The van der Waals surface area contributed by atoms with Crippen LogP contribution in [0.5, 0.6) is 0 Å². The van der Waals surface area contributed by atoms with Crippen LogP contribution in [0.4, 0.5) is 4.39 Å². The molecule has 1 saturated heterocycles. The van der Waals surface area contributed by atoms with E-state index in [4.69, 9.17) is 0 Å². The second kappa shape index (κ2) is 7.76. The quantitative estimate of drug-likeness (QED) is 0.827. The molecular formula is C18H19FN2O3S. The maximum atomic E-state index is 13.1. The number of carboxylic acid groups (broad SMARTS) is 1. The fourth-order valence-corrected chi connectivity index (χ4v) is 3.81. The maximum Gasteiger partial charge on any atom is 0.308 e. The Labute approximate surface area is 149 Å². The first kappa shape index (κ1) is 17.6. The number of aliphatic carboxylic acids is 1. The van der Waals surface area contributed by atoms with E-state index in [9.17, 15) is 19.1 Å². The minimum absolute atomic E-state index is 0.128. The number of hydrogen-bond acceptors (Lipinski definition) is 4. The van der Waals surface area contributed by atoms with Crippen molar-refractivity contribution in [3.8, 4) is 0 Å². The molecule has 1 fully saturated rings. The molecule has 25 heavy (non-hydrogen) atoms. The molecule has 0 bridgehead atoms. The standard InChI is InChI=1S/C18H19FN2O3S/c19-13-5-3-12(4-6-13)15-9-21(10-16(15)18(23)24)11-17(22)20-8-14-2-1-7-25-14/h1-7,15-16H,8-11H2,(H,20,22)(H,23,24)/t15-,16+/m0/s1. The van der Waals surface area contributed by atoms with Crippen LogP contribution in [-0.2, 0) is 16.1 Å². The first-order valence-electron chi connectivity index (χ1n) is 8.02. The Morgan fingerprint density at radius 1 is 1.24 bits per heavy atom. The van der Waals surface area contributed by atoms with Crippen LogP contribution >= 0.6 is 11.3 Å². The zero-order valence-corrected chi connectivity index (χ0v) is 14.3. The number of carbonyl (C=O) groups excluding carboxylic acids is 1. The Kier molecular flexibility index (Phi) is 5.45. The van der Waals surface area contributed by atoms with E-state index in [1.807, 2.05) is 22.4 Å². The van der Waals surface area contributed by atoms with Crippen molar-refractivity contribution in [2.45, 2.75) is 12.5 Å². The number of nitrogens with one attached hydrogen (secondary N) is 1. The van der Waals surface area contributed by atoms with Crippen LogP contribution in [-0.4, -0.2) is 41.5 Å². The van der Waals surface area contributed by atoms with E-state index in [0.717, 1.165) is 10.4 Å². The normalized spacial score (nSPS) is 20.5. The largest absolute Gasteiger partial charge is 0.481 e. The van der Waals surface area contributed by atoms with E-state index in [2.05, 4.69) is 5.32 Å². The summed E-state index contributed by atoms with van der Waals surface area (Å²) < 4.78 is 13.1. The topological polar surface area (TPSA) is 69.6 Å². The Morgan fingerprint density at radius 2 is 2.00 bits per heavy atom. The number of likely N-dealkylation sites (tertiary alicyclic amines) is 1. The predicted octanol–water partition coefficient (Wildman–Crippen LogP) is 2.30. The molecule has 0 radical (unpaired) electrons. The Bertz CT molecular complexity index is 733. The van der Waals surface area contributed by atoms with Crippen LogP contribution in [0.25, 0.3) is 0 Å². The van der Waals surface area contributed by atoms with Crippen molar-refractivity contribution >= 4 is 23.2 Å². The number of hydrogen-bond donors (Lipinski definition) is 2. The first-order valence-corrected chi connectivity index (χ1v) is 8.90. The Morgan fingerprint density at radius 3 is 2.64 bits per heavy atom. The third kappa shape index (κ3) is 4.43. The molecule has 2 N–H and O–H groups in total. The summed E-state index contributed by atoms with van der Waals surface area (Å²) >= 11 is 1.57. The monoisotopic (exact) mass is 362 g/mol. The molecule has 1 amide bonds. The van der Waals surface area contributed by atoms with Gasteiger partial charge in [0.15, 0.2) is 0 Å². The molecule has 5 nitrogen and oxygen atoms in total. The van der Waals surface area contributed by atoms with Gasteiger partial charge in [0.25, 0.3) is 0 Å². The first-order chi connectivity index (χ1) is 12.0. The van der Waals surface area contributed by atoms with Crippen molar-refractivity contribution in [2.24, 2.45) is 5.92 Å². The summed E-state index contributed by atoms with van der Waals surface area (Å²) in [5.41, 5.74) is 0.787. The fraction of sp³-hybridized carbons (Fsp3) is 0.333. The van der Waals surface area contributed by atoms with E-state index in [-0.39, 0.29) is 24.2 Å². The Balaban J connectivity index is 1.60. The van der Waals surface area contributed by atoms with E-state index >= 15 is 0 Å². The zero-order chi connectivity index (χ0) is 17.8. The summed E-state index contributed by atoms with van der Waals surface area (Å²) in [4.78, 5) is 26.6. The molecule has 0 saturated carbocycles. The van der Waals surface area contributed by atoms with Crippen LogP contribution in [0.3, 0.4) is 0 Å². The highest BCUT2D eigenvalue weighted by Gasteiger charge is 2.38. The highest BCUT2D eigenvalue weighted by atomic mass is 32.1. The number of halogens is 1. The summed E-state index contributed by atoms with van der Waals surface area (Å²) in [5.74, 6) is -2.22. The number of carbonyl (C=O) groups is 2. The van der Waals surface area contributed by atoms with Crippen LogP contribution < -0.4 is 5.32 Å². The second-order valence-electron chi connectivity index (χ2n) is 6.15. The van der Waals surface area contributed by atoms with E-state index < -0.39 is 11.9 Å². The van der Waals surface area contributed by atoms with Gasteiger partial charge >= 0.3 is 5.97 Å². The predicted molar refractivity (Wildman–Crippen MR) is 92.9 cm³/mol. The third-order valence-corrected chi connectivity index (χ3v) is 5.29. The molecule has 0 spiro atoms. The van der Waals surface area contributed by atoms with E-state index in [1.165, 1.54) is 12.1 Å². The second-order valence-corrected chi connectivity index (χ2v) is 7.19. The lowest BCUT2D eigenvalue weighted by Crippen LogP contribution is -2.36. The van der Waals surface area contributed by atoms with Gasteiger partial charge in [0.1, 0.15) is 5.82 Å². The zero-order valence-electron chi connectivity index (χ0n) is 13.5. The summed E-state index contributed by atoms with van der Waals surface area (Å²) in [6.07, 6.45) is 0. The van der Waals surface area contributed by atoms with Crippen LogP contribution in [0.1, 0.15) is 16.4 Å². The summed E-state index contributed by atoms with van der Waals surface area (Å²) in [6, 6.07) is 9.80. The number of benzene rings is 1. The number of thiophene rings is 1. The van der Waals surface area contributed by atoms with Gasteiger partial charge in [-0.05, 0) is 29.1 Å². The number of amides is 1. The molecule has 1 aliphatic heterocycles. The molecule has 1 aliphatic rings. The lowest BCUT2D eigenvalue weighted by Gasteiger charge is -2.16. The SMILES string of the molecule is O=C(CN1C[C@@H](C(=O)O)[C@H](c2ccc(F)cc2)C1)NCc1cccs1. The molecule has 0 aliphatic carbocycles. The molecule has 2 atom stereocenters. The molecule has 3 rings (SSSR count). The summed E-state index contributed by atoms with van der Waals surface area (Å²) in [6.45, 7) is 1.42. The van der Waals surface area contributed by atoms with Crippen LogP contribution in [0.2, 0.25) is 0 Å². The molecule has 1 aromatic carbocycles. The summed E-state index contributed by atoms with van der Waals surface area (Å²) in [7, 11) is 0. The fourth-order valence-electron chi connectivity index (χ4n) is 3.17. The van der Waals surface area contributed by atoms with Gasteiger partial charge in [-0.1, -0.05) is 18.2 Å². The molecule has 7 heteroatoms. The van der Waals surface area contributed by atoms with Gasteiger partial charge in [-0.2, -0.15) is 0 Å². The van der Waals surface area contributed by atoms with Gasteiger partial charge in [-0.15, -0.1) is 11.3 Å². The number of carboxylic acids is 1. The lowest BCUT2D eigenvalue weighted by atomic mass is 9.89. The van der Waals surface area contributed by atoms with Gasteiger partial charge in [-0.3, -0.25) is 14.5 Å². The minimum atomic E-state index is -0.893. The highest BCUT2D eigenvalue weighted by Crippen LogP contribution is 2.32. The third-order valence-electron chi connectivity index (χ3n) is 4.42. The van der Waals surface area contributed by atoms with Gasteiger partial charge in [0, 0.05) is 23.9 Å². The highest BCUT2D eigenvalue weighted by molar-refractivity contribution is 7.09. The summed E-state index contributed by atoms with van der Waals surface area (Å²) in [5, 5.41) is 14.3. The van der Waals surface area contributed by atoms with Gasteiger partial charge < -0.3 is 10.4 Å². The van der Waals surface area contributed by atoms with Gasteiger partial charge in [-0.25, -0.2) is 4.39 Å². The average molecular weight is 362 g/mol. The van der Waals surface area contributed by atoms with Gasteiger partial charge in [0.2, 0.25) is 5.91 Å². The molecule has 2 aromatic rings. The van der Waals surface area contributed by atoms with Crippen LogP contribution in [0, 0.1) is 11.7 Å². The lowest BCUT2D eigenvalue weighted by molar-refractivity contribution is -0.141. The van der Waals surface area contributed by atoms with Crippen molar-refractivity contribution in [3.05, 3.63) is 58.0 Å². The number of nitrogens with zero attached hydrogens (tertiary/aromatic N) is 1. The molecule has 0 unspecified atom stereocenters. The minimum Gasteiger partial charge on any atom is -0.481 e. The van der Waals surface area contributed by atoms with E-state index in [1.54, 1.807) is 23.5 Å². The smallest absolute Gasteiger partial charge is 0.308 e.